The lowest BCUT2D eigenvalue weighted by Crippen LogP contribution is -2.62. The number of alkyl carbamates (subject to hydrolysis) is 1. The monoisotopic (exact) mass is 407 g/mol. The van der Waals surface area contributed by atoms with Gasteiger partial charge in [-0.05, 0) is 83.0 Å². The van der Waals surface area contributed by atoms with Gasteiger partial charge >= 0.3 is 12.2 Å². The van der Waals surface area contributed by atoms with Crippen molar-refractivity contribution in [1.29, 1.82) is 0 Å². The molecule has 0 radical (unpaired) electrons. The third-order valence-corrected chi connectivity index (χ3v) is 7.66. The molecule has 4 aliphatic carbocycles. The number of hydrogen-bond acceptors (Lipinski definition) is 4. The lowest BCUT2D eigenvalue weighted by Gasteiger charge is -2.61. The highest BCUT2D eigenvalue weighted by molar-refractivity contribution is 5.81. The summed E-state index contributed by atoms with van der Waals surface area (Å²) in [4.78, 5) is 38.1. The van der Waals surface area contributed by atoms with E-state index in [-0.39, 0.29) is 35.7 Å². The standard InChI is InChI=1S/C21H33N3O5/c1-20(2,3)29-18(26)23-14-4-5-24(19(27)28)16(14)15-12-6-11-7-13(15)10-21(8-11,9-12)17(22)25/h11-16H,4-10H2,1-3H3,(H2,22,25)(H,23,26)(H,27,28)/t11?,12-,13?,14?,15?,16?,21-/m0/s1. The molecule has 29 heavy (non-hydrogen) atoms. The maximum atomic E-state index is 12.4. The molecule has 0 aromatic carbocycles. The molecular formula is C21H33N3O5. The van der Waals surface area contributed by atoms with Crippen LogP contribution in [0.3, 0.4) is 0 Å². The Morgan fingerprint density at radius 2 is 1.76 bits per heavy atom. The average molecular weight is 408 g/mol. The van der Waals surface area contributed by atoms with Gasteiger partial charge in [-0.2, -0.15) is 0 Å². The second kappa shape index (κ2) is 6.77. The molecule has 1 heterocycles. The molecule has 5 aliphatic rings. The van der Waals surface area contributed by atoms with E-state index < -0.39 is 23.2 Å². The van der Waals surface area contributed by atoms with Crippen molar-refractivity contribution in [3.63, 3.8) is 0 Å². The molecule has 162 valence electrons. The summed E-state index contributed by atoms with van der Waals surface area (Å²) >= 11 is 0. The van der Waals surface area contributed by atoms with Crippen molar-refractivity contribution in [1.82, 2.24) is 10.2 Å². The second-order valence-electron chi connectivity index (χ2n) is 10.7. The van der Waals surface area contributed by atoms with Gasteiger partial charge in [-0.25, -0.2) is 9.59 Å². The minimum absolute atomic E-state index is 0.151. The van der Waals surface area contributed by atoms with Crippen LogP contribution in [0.4, 0.5) is 9.59 Å². The fourth-order valence-corrected chi connectivity index (χ4v) is 7.05. The average Bonchev–Trinajstić information content (AvgIpc) is 2.95. The van der Waals surface area contributed by atoms with Crippen LogP contribution in [0.2, 0.25) is 0 Å². The summed E-state index contributed by atoms with van der Waals surface area (Å²) in [6, 6.07) is -0.548. The van der Waals surface area contributed by atoms with Crippen LogP contribution >= 0.6 is 0 Å². The summed E-state index contributed by atoms with van der Waals surface area (Å²) in [6.45, 7) is 5.83. The van der Waals surface area contributed by atoms with E-state index in [1.165, 1.54) is 4.90 Å². The first-order valence-electron chi connectivity index (χ1n) is 10.8. The van der Waals surface area contributed by atoms with Gasteiger partial charge < -0.3 is 25.8 Å². The maximum absolute atomic E-state index is 12.4. The third-order valence-electron chi connectivity index (χ3n) is 7.66. The number of carbonyl (C=O) groups is 3. The van der Waals surface area contributed by atoms with Crippen molar-refractivity contribution in [2.75, 3.05) is 6.54 Å². The van der Waals surface area contributed by atoms with Gasteiger partial charge in [-0.1, -0.05) is 0 Å². The molecule has 7 atom stereocenters. The number of likely N-dealkylation sites (tertiary alicyclic amines) is 1. The maximum Gasteiger partial charge on any atom is 0.407 e. The van der Waals surface area contributed by atoms with Crippen LogP contribution in [0.5, 0.6) is 0 Å². The Balaban J connectivity index is 1.58. The molecule has 0 aromatic rings. The molecule has 8 nitrogen and oxygen atoms in total. The lowest BCUT2D eigenvalue weighted by atomic mass is 9.44. The molecule has 3 amide bonds. The second-order valence-corrected chi connectivity index (χ2v) is 10.7. The molecule has 8 heteroatoms. The zero-order valence-corrected chi connectivity index (χ0v) is 17.5. The molecular weight excluding hydrogens is 374 g/mol. The number of rotatable bonds is 3. The summed E-state index contributed by atoms with van der Waals surface area (Å²) in [5, 5.41) is 12.8. The molecule has 4 bridgehead atoms. The Kier molecular flexibility index (Phi) is 4.74. The van der Waals surface area contributed by atoms with E-state index in [9.17, 15) is 19.5 Å². The highest BCUT2D eigenvalue weighted by atomic mass is 16.6. The number of nitrogens with zero attached hydrogens (tertiary/aromatic N) is 1. The number of carbonyl (C=O) groups excluding carboxylic acids is 2. The zero-order chi connectivity index (χ0) is 21.1. The van der Waals surface area contributed by atoms with Gasteiger partial charge in [0.2, 0.25) is 5.91 Å². The van der Waals surface area contributed by atoms with Crippen molar-refractivity contribution in [3.8, 4) is 0 Å². The lowest BCUT2D eigenvalue weighted by molar-refractivity contribution is -0.154. The SMILES string of the molecule is CC(C)(C)OC(=O)NC1CCN(C(=O)O)C1C1C2CC3C[C@H]1C[C@@](C(N)=O)(C3)C2. The highest BCUT2D eigenvalue weighted by Gasteiger charge is 2.61. The molecule has 1 aliphatic heterocycles. The summed E-state index contributed by atoms with van der Waals surface area (Å²) in [6.07, 6.45) is 3.58. The van der Waals surface area contributed by atoms with Gasteiger partial charge in [0.25, 0.3) is 0 Å². The van der Waals surface area contributed by atoms with Crippen molar-refractivity contribution in [2.45, 2.75) is 77.0 Å². The molecule has 4 saturated carbocycles. The topological polar surface area (TPSA) is 122 Å². The Morgan fingerprint density at radius 1 is 1.14 bits per heavy atom. The molecule has 5 rings (SSSR count). The fourth-order valence-electron chi connectivity index (χ4n) is 7.05. The Labute approximate surface area is 171 Å². The van der Waals surface area contributed by atoms with Gasteiger partial charge in [0.05, 0.1) is 12.1 Å². The number of amides is 3. The summed E-state index contributed by atoms with van der Waals surface area (Å²) in [5.74, 6) is 1.02. The van der Waals surface area contributed by atoms with E-state index >= 15 is 0 Å². The van der Waals surface area contributed by atoms with Crippen molar-refractivity contribution in [3.05, 3.63) is 0 Å². The van der Waals surface area contributed by atoms with Crippen LogP contribution in [-0.2, 0) is 9.53 Å². The molecule has 0 aromatic heterocycles. The molecule has 5 unspecified atom stereocenters. The molecule has 4 N–H and O–H groups in total. The first kappa shape index (κ1) is 20.3. The van der Waals surface area contributed by atoms with Gasteiger partial charge in [-0.3, -0.25) is 4.79 Å². The molecule has 1 saturated heterocycles. The van der Waals surface area contributed by atoms with Gasteiger partial charge in [0.1, 0.15) is 5.60 Å². The van der Waals surface area contributed by atoms with Gasteiger partial charge in [0.15, 0.2) is 0 Å². The van der Waals surface area contributed by atoms with Crippen LogP contribution in [0.15, 0.2) is 0 Å². The number of ether oxygens (including phenoxy) is 1. The summed E-state index contributed by atoms with van der Waals surface area (Å²) in [7, 11) is 0. The van der Waals surface area contributed by atoms with E-state index in [2.05, 4.69) is 5.32 Å². The van der Waals surface area contributed by atoms with E-state index in [1.807, 2.05) is 20.8 Å². The van der Waals surface area contributed by atoms with Crippen molar-refractivity contribution >= 4 is 18.1 Å². The first-order valence-corrected chi connectivity index (χ1v) is 10.8. The number of hydrogen-bond donors (Lipinski definition) is 3. The van der Waals surface area contributed by atoms with Crippen molar-refractivity contribution < 1.29 is 24.2 Å². The van der Waals surface area contributed by atoms with E-state index in [4.69, 9.17) is 10.5 Å². The van der Waals surface area contributed by atoms with Gasteiger partial charge in [-0.15, -0.1) is 0 Å². The highest BCUT2D eigenvalue weighted by Crippen LogP contribution is 2.63. The summed E-state index contributed by atoms with van der Waals surface area (Å²) in [5.41, 5.74) is 4.78. The fraction of sp³-hybridized carbons (Fsp3) is 0.857. The number of primary amides is 1. The van der Waals surface area contributed by atoms with Crippen LogP contribution in [0.25, 0.3) is 0 Å². The van der Waals surface area contributed by atoms with Gasteiger partial charge in [0, 0.05) is 12.0 Å². The van der Waals surface area contributed by atoms with E-state index in [1.54, 1.807) is 0 Å². The van der Waals surface area contributed by atoms with Crippen LogP contribution < -0.4 is 11.1 Å². The van der Waals surface area contributed by atoms with Crippen LogP contribution in [-0.4, -0.2) is 52.3 Å². The first-order chi connectivity index (χ1) is 13.5. The molecule has 5 fully saturated rings. The third kappa shape index (κ3) is 3.55. The van der Waals surface area contributed by atoms with Crippen LogP contribution in [0, 0.1) is 29.1 Å². The minimum Gasteiger partial charge on any atom is -0.465 e. The minimum atomic E-state index is -0.943. The quantitative estimate of drug-likeness (QED) is 0.664. The van der Waals surface area contributed by atoms with E-state index in [0.717, 1.165) is 32.1 Å². The van der Waals surface area contributed by atoms with Crippen LogP contribution in [0.1, 0.15) is 59.3 Å². The van der Waals surface area contributed by atoms with E-state index in [0.29, 0.717) is 18.9 Å². The Bertz CT molecular complexity index is 702. The predicted octanol–water partition coefficient (Wildman–Crippen LogP) is 2.56. The largest absolute Gasteiger partial charge is 0.465 e. The Morgan fingerprint density at radius 3 is 2.28 bits per heavy atom. The zero-order valence-electron chi connectivity index (χ0n) is 17.5. The summed E-state index contributed by atoms with van der Waals surface area (Å²) < 4.78 is 5.42. The molecule has 0 spiro atoms. The number of nitrogens with two attached hydrogens (primary N) is 1. The number of nitrogens with one attached hydrogen (secondary N) is 1. The Hall–Kier alpha value is -1.99. The predicted molar refractivity (Wildman–Crippen MR) is 105 cm³/mol. The number of carboxylic acid groups (broad SMARTS) is 1. The smallest absolute Gasteiger partial charge is 0.407 e. The van der Waals surface area contributed by atoms with Crippen molar-refractivity contribution in [2.24, 2.45) is 34.8 Å². The normalized spacial score (nSPS) is 40.7.